The molecule has 1 nitrogen and oxygen atoms in total. The highest BCUT2D eigenvalue weighted by Gasteiger charge is 2.27. The Bertz CT molecular complexity index is 99.3. The van der Waals surface area contributed by atoms with Crippen LogP contribution in [0.25, 0.3) is 0 Å². The summed E-state index contributed by atoms with van der Waals surface area (Å²) in [6.07, 6.45) is 0.955. The Balaban J connectivity index is 0. The van der Waals surface area contributed by atoms with Crippen LogP contribution in [0.3, 0.4) is 0 Å². The summed E-state index contributed by atoms with van der Waals surface area (Å²) >= 11 is 0.0215. The monoisotopic (exact) mass is 223 g/mol. The molecule has 0 saturated carbocycles. The largest absolute Gasteiger partial charge is 0.441 e. The van der Waals surface area contributed by atoms with E-state index in [1.807, 2.05) is 6.92 Å². The third-order valence-electron chi connectivity index (χ3n) is 0.971. The maximum Gasteiger partial charge on any atom is 0.441 e. The number of hydrogen-bond acceptors (Lipinski definition) is 2. The van der Waals surface area contributed by atoms with E-state index in [2.05, 4.69) is 5.32 Å². The molecule has 0 aliphatic rings. The van der Waals surface area contributed by atoms with Crippen LogP contribution in [-0.2, 0) is 0 Å². The smallest absolute Gasteiger partial charge is 0.316 e. The van der Waals surface area contributed by atoms with Crippen LogP contribution in [0.2, 0.25) is 0 Å². The Labute approximate surface area is 80.9 Å². The minimum Gasteiger partial charge on any atom is -0.316 e. The van der Waals surface area contributed by atoms with Gasteiger partial charge in [-0.1, -0.05) is 6.92 Å². The SMILES string of the molecule is CCCNCCSC(F)(F)F.Cl. The van der Waals surface area contributed by atoms with Crippen molar-refractivity contribution in [2.24, 2.45) is 0 Å². The lowest BCUT2D eigenvalue weighted by Gasteiger charge is -2.05. The summed E-state index contributed by atoms with van der Waals surface area (Å²) < 4.78 is 34.5. The Morgan fingerprint density at radius 2 is 1.83 bits per heavy atom. The van der Waals surface area contributed by atoms with Gasteiger partial charge in [0.15, 0.2) is 0 Å². The van der Waals surface area contributed by atoms with Gasteiger partial charge in [-0.15, -0.1) is 12.4 Å². The summed E-state index contributed by atoms with van der Waals surface area (Å²) in [4.78, 5) is 0. The average molecular weight is 224 g/mol. The number of alkyl halides is 3. The summed E-state index contributed by atoms with van der Waals surface area (Å²) in [6.45, 7) is 3.19. The van der Waals surface area contributed by atoms with Crippen molar-refractivity contribution in [2.75, 3.05) is 18.8 Å². The Morgan fingerprint density at radius 1 is 1.25 bits per heavy atom. The van der Waals surface area contributed by atoms with Crippen LogP contribution in [0.5, 0.6) is 0 Å². The molecular weight excluding hydrogens is 211 g/mol. The van der Waals surface area contributed by atoms with Crippen molar-refractivity contribution in [3.63, 3.8) is 0 Å². The Kier molecular flexibility index (Phi) is 9.94. The maximum atomic E-state index is 11.5. The zero-order valence-corrected chi connectivity index (χ0v) is 8.41. The van der Waals surface area contributed by atoms with E-state index >= 15 is 0 Å². The molecule has 0 radical (unpaired) electrons. The van der Waals surface area contributed by atoms with Crippen molar-refractivity contribution in [1.29, 1.82) is 0 Å². The number of halogens is 4. The molecule has 0 aliphatic carbocycles. The molecule has 0 saturated heterocycles. The molecule has 0 atom stereocenters. The van der Waals surface area contributed by atoms with Crippen LogP contribution < -0.4 is 5.32 Å². The van der Waals surface area contributed by atoms with E-state index < -0.39 is 5.51 Å². The summed E-state index contributed by atoms with van der Waals surface area (Å²) in [5.74, 6) is 0.101. The first-order valence-corrected chi connectivity index (χ1v) is 4.46. The van der Waals surface area contributed by atoms with Gasteiger partial charge in [-0.2, -0.15) is 13.2 Å². The number of rotatable bonds is 5. The highest BCUT2D eigenvalue weighted by molar-refractivity contribution is 8.00. The Hall–Kier alpha value is 0.390. The van der Waals surface area contributed by atoms with Gasteiger partial charge in [0.2, 0.25) is 0 Å². The first kappa shape index (κ1) is 14.9. The molecule has 12 heavy (non-hydrogen) atoms. The Morgan fingerprint density at radius 3 is 2.25 bits per heavy atom. The van der Waals surface area contributed by atoms with Crippen molar-refractivity contribution in [1.82, 2.24) is 5.32 Å². The molecule has 0 unspecified atom stereocenters. The number of hydrogen-bond donors (Lipinski definition) is 1. The highest BCUT2D eigenvalue weighted by Crippen LogP contribution is 2.29. The lowest BCUT2D eigenvalue weighted by molar-refractivity contribution is -0.0327. The van der Waals surface area contributed by atoms with Gasteiger partial charge < -0.3 is 5.32 Å². The summed E-state index contributed by atoms with van der Waals surface area (Å²) in [5, 5.41) is 2.89. The molecule has 0 aromatic rings. The molecular formula is C6H13ClF3NS. The van der Waals surface area contributed by atoms with Gasteiger partial charge in [0, 0.05) is 12.3 Å². The van der Waals surface area contributed by atoms with Crippen molar-refractivity contribution in [3.8, 4) is 0 Å². The van der Waals surface area contributed by atoms with Crippen molar-refractivity contribution in [2.45, 2.75) is 18.9 Å². The molecule has 0 bridgehead atoms. The van der Waals surface area contributed by atoms with Crippen LogP contribution in [0.1, 0.15) is 13.3 Å². The van der Waals surface area contributed by atoms with E-state index in [0.29, 0.717) is 6.54 Å². The van der Waals surface area contributed by atoms with E-state index in [4.69, 9.17) is 0 Å². The topological polar surface area (TPSA) is 12.0 Å². The molecule has 0 rings (SSSR count). The van der Waals surface area contributed by atoms with Crippen LogP contribution in [0.15, 0.2) is 0 Å². The quantitative estimate of drug-likeness (QED) is 0.720. The summed E-state index contributed by atoms with van der Waals surface area (Å²) in [6, 6.07) is 0. The first-order valence-electron chi connectivity index (χ1n) is 3.47. The van der Waals surface area contributed by atoms with Crippen LogP contribution in [0, 0.1) is 0 Å². The summed E-state index contributed by atoms with van der Waals surface area (Å²) in [5.41, 5.74) is -4.08. The number of thioether (sulfide) groups is 1. The molecule has 76 valence electrons. The van der Waals surface area contributed by atoms with Gasteiger partial charge in [0.1, 0.15) is 0 Å². The predicted molar refractivity (Wildman–Crippen MR) is 48.9 cm³/mol. The first-order chi connectivity index (χ1) is 5.06. The molecule has 0 amide bonds. The molecule has 0 fully saturated rings. The van der Waals surface area contributed by atoms with E-state index in [9.17, 15) is 13.2 Å². The third-order valence-corrected chi connectivity index (χ3v) is 1.71. The molecule has 0 spiro atoms. The molecule has 1 N–H and O–H groups in total. The third kappa shape index (κ3) is 13.0. The number of nitrogens with one attached hydrogen (secondary N) is 1. The van der Waals surface area contributed by atoms with Gasteiger partial charge in [-0.3, -0.25) is 0 Å². The lowest BCUT2D eigenvalue weighted by Crippen LogP contribution is -2.19. The molecule has 6 heteroatoms. The van der Waals surface area contributed by atoms with Crippen LogP contribution >= 0.6 is 24.2 Å². The fraction of sp³-hybridized carbons (Fsp3) is 1.00. The predicted octanol–water partition coefficient (Wildman–Crippen LogP) is 2.66. The van der Waals surface area contributed by atoms with E-state index in [-0.39, 0.29) is 29.9 Å². The van der Waals surface area contributed by atoms with Crippen molar-refractivity contribution < 1.29 is 13.2 Å². The van der Waals surface area contributed by atoms with Gasteiger partial charge in [-0.05, 0) is 24.7 Å². The van der Waals surface area contributed by atoms with Gasteiger partial charge in [0.25, 0.3) is 0 Å². The lowest BCUT2D eigenvalue weighted by atomic mass is 10.5. The van der Waals surface area contributed by atoms with Crippen LogP contribution in [0.4, 0.5) is 13.2 Å². The van der Waals surface area contributed by atoms with Gasteiger partial charge >= 0.3 is 5.51 Å². The zero-order valence-electron chi connectivity index (χ0n) is 6.78. The van der Waals surface area contributed by atoms with Crippen molar-refractivity contribution in [3.05, 3.63) is 0 Å². The normalized spacial score (nSPS) is 11.0. The second-order valence-electron chi connectivity index (χ2n) is 2.04. The molecule has 0 aliphatic heterocycles. The zero-order chi connectivity index (χ0) is 8.74. The van der Waals surface area contributed by atoms with Crippen LogP contribution in [-0.4, -0.2) is 24.4 Å². The standard InChI is InChI=1S/C6H12F3NS.ClH/c1-2-3-10-4-5-11-6(7,8)9;/h10H,2-5H2,1H3;1H. The van der Waals surface area contributed by atoms with E-state index in [1.54, 1.807) is 0 Å². The van der Waals surface area contributed by atoms with E-state index in [1.165, 1.54) is 0 Å². The minimum absolute atomic E-state index is 0. The maximum absolute atomic E-state index is 11.5. The molecule has 0 aromatic carbocycles. The van der Waals surface area contributed by atoms with Gasteiger partial charge in [-0.25, -0.2) is 0 Å². The fourth-order valence-corrected chi connectivity index (χ4v) is 1.02. The second kappa shape index (κ2) is 8.01. The second-order valence-corrected chi connectivity index (χ2v) is 3.20. The fourth-order valence-electron chi connectivity index (χ4n) is 0.541. The average Bonchev–Trinajstić information content (AvgIpc) is 1.85. The van der Waals surface area contributed by atoms with E-state index in [0.717, 1.165) is 13.0 Å². The molecule has 0 heterocycles. The highest BCUT2D eigenvalue weighted by atomic mass is 35.5. The molecule has 0 aromatic heterocycles. The minimum atomic E-state index is -4.08. The van der Waals surface area contributed by atoms with Crippen molar-refractivity contribution >= 4 is 24.2 Å². The summed E-state index contributed by atoms with van der Waals surface area (Å²) in [7, 11) is 0. The van der Waals surface area contributed by atoms with Gasteiger partial charge in [0.05, 0.1) is 0 Å².